The molecule has 1 N–H and O–H groups in total. The Morgan fingerprint density at radius 1 is 1.14 bits per heavy atom. The lowest BCUT2D eigenvalue weighted by Crippen LogP contribution is -2.36. The van der Waals surface area contributed by atoms with Crippen molar-refractivity contribution in [2.75, 3.05) is 16.8 Å². The standard InChI is InChI=1S/C17H17BrN2O2/c1-12-6-5-7-14(10-12)20(13(2)21)11-17(22)19-16-9-4-3-8-15(16)18/h3-10H,11H2,1-2H3,(H,19,22). The SMILES string of the molecule is CC(=O)N(CC(=O)Nc1ccccc1Br)c1cccc(C)c1. The molecule has 0 aliphatic rings. The maximum absolute atomic E-state index is 12.2. The molecule has 2 aromatic carbocycles. The van der Waals surface area contributed by atoms with E-state index in [1.54, 1.807) is 6.07 Å². The molecule has 22 heavy (non-hydrogen) atoms. The molecule has 0 aliphatic heterocycles. The Morgan fingerprint density at radius 2 is 1.86 bits per heavy atom. The maximum atomic E-state index is 12.2. The van der Waals surface area contributed by atoms with Gasteiger partial charge in [0.1, 0.15) is 6.54 Å². The van der Waals surface area contributed by atoms with Crippen molar-refractivity contribution in [3.05, 3.63) is 58.6 Å². The van der Waals surface area contributed by atoms with Gasteiger partial charge in [-0.15, -0.1) is 0 Å². The second-order valence-electron chi connectivity index (χ2n) is 4.97. The van der Waals surface area contributed by atoms with E-state index in [0.717, 1.165) is 15.7 Å². The minimum Gasteiger partial charge on any atom is -0.324 e. The summed E-state index contributed by atoms with van der Waals surface area (Å²) in [5.74, 6) is -0.420. The third-order valence-corrected chi connectivity index (χ3v) is 3.83. The zero-order valence-corrected chi connectivity index (χ0v) is 14.1. The van der Waals surface area contributed by atoms with Crippen molar-refractivity contribution in [1.82, 2.24) is 0 Å². The average Bonchev–Trinajstić information content (AvgIpc) is 2.47. The van der Waals surface area contributed by atoms with Crippen molar-refractivity contribution in [2.24, 2.45) is 0 Å². The summed E-state index contributed by atoms with van der Waals surface area (Å²) >= 11 is 3.38. The number of aryl methyl sites for hydroxylation is 1. The second-order valence-corrected chi connectivity index (χ2v) is 5.83. The van der Waals surface area contributed by atoms with Crippen LogP contribution in [0, 0.1) is 6.92 Å². The highest BCUT2D eigenvalue weighted by Crippen LogP contribution is 2.21. The largest absolute Gasteiger partial charge is 0.324 e. The molecular formula is C17H17BrN2O2. The van der Waals surface area contributed by atoms with E-state index in [4.69, 9.17) is 0 Å². The number of halogens is 1. The molecule has 2 rings (SSSR count). The first-order valence-corrected chi connectivity index (χ1v) is 7.66. The quantitative estimate of drug-likeness (QED) is 0.902. The monoisotopic (exact) mass is 360 g/mol. The number of para-hydroxylation sites is 1. The van der Waals surface area contributed by atoms with Crippen LogP contribution >= 0.6 is 15.9 Å². The lowest BCUT2D eigenvalue weighted by Gasteiger charge is -2.21. The van der Waals surface area contributed by atoms with Crippen molar-refractivity contribution in [3.8, 4) is 0 Å². The Kier molecular flexibility index (Phi) is 5.33. The number of carbonyl (C=O) groups excluding carboxylic acids is 2. The normalized spacial score (nSPS) is 10.1. The highest BCUT2D eigenvalue weighted by molar-refractivity contribution is 9.10. The molecule has 0 bridgehead atoms. The van der Waals surface area contributed by atoms with Crippen molar-refractivity contribution in [2.45, 2.75) is 13.8 Å². The molecule has 4 nitrogen and oxygen atoms in total. The summed E-state index contributed by atoms with van der Waals surface area (Å²) < 4.78 is 0.799. The van der Waals surface area contributed by atoms with Crippen LogP contribution in [0.4, 0.5) is 11.4 Å². The van der Waals surface area contributed by atoms with Crippen molar-refractivity contribution >= 4 is 39.1 Å². The molecule has 0 spiro atoms. The molecule has 0 atom stereocenters. The summed E-state index contributed by atoms with van der Waals surface area (Å²) in [6.45, 7) is 3.37. The first kappa shape index (κ1) is 16.2. The van der Waals surface area contributed by atoms with Crippen LogP contribution in [-0.4, -0.2) is 18.4 Å². The number of benzene rings is 2. The molecular weight excluding hydrogens is 344 g/mol. The van der Waals surface area contributed by atoms with Gasteiger partial charge in [-0.3, -0.25) is 9.59 Å². The van der Waals surface area contributed by atoms with Gasteiger partial charge in [-0.1, -0.05) is 24.3 Å². The molecule has 0 fully saturated rings. The zero-order chi connectivity index (χ0) is 16.1. The van der Waals surface area contributed by atoms with Crippen LogP contribution in [0.2, 0.25) is 0 Å². The highest BCUT2D eigenvalue weighted by atomic mass is 79.9. The number of carbonyl (C=O) groups is 2. The van der Waals surface area contributed by atoms with E-state index >= 15 is 0 Å². The number of hydrogen-bond donors (Lipinski definition) is 1. The van der Waals surface area contributed by atoms with Gasteiger partial charge >= 0.3 is 0 Å². The number of amides is 2. The summed E-state index contributed by atoms with van der Waals surface area (Å²) in [5, 5.41) is 2.80. The van der Waals surface area contributed by atoms with Gasteiger partial charge in [0.2, 0.25) is 11.8 Å². The van der Waals surface area contributed by atoms with Gasteiger partial charge in [-0.2, -0.15) is 0 Å². The molecule has 0 aromatic heterocycles. The molecule has 0 unspecified atom stereocenters. The van der Waals surface area contributed by atoms with Crippen LogP contribution in [0.25, 0.3) is 0 Å². The predicted molar refractivity (Wildman–Crippen MR) is 92.0 cm³/mol. The van der Waals surface area contributed by atoms with Gasteiger partial charge in [-0.05, 0) is 52.7 Å². The summed E-state index contributed by atoms with van der Waals surface area (Å²) in [6, 6.07) is 14.9. The van der Waals surface area contributed by atoms with Crippen LogP contribution in [0.3, 0.4) is 0 Å². The Balaban J connectivity index is 2.13. The number of nitrogens with zero attached hydrogens (tertiary/aromatic N) is 1. The summed E-state index contributed by atoms with van der Waals surface area (Å²) in [7, 11) is 0. The Morgan fingerprint density at radius 3 is 2.50 bits per heavy atom. The minimum atomic E-state index is -0.247. The lowest BCUT2D eigenvalue weighted by molar-refractivity contribution is -0.120. The van der Waals surface area contributed by atoms with Crippen LogP contribution in [0.15, 0.2) is 53.0 Å². The van der Waals surface area contributed by atoms with Gasteiger partial charge in [0.15, 0.2) is 0 Å². The predicted octanol–water partition coefficient (Wildman–Crippen LogP) is 3.75. The molecule has 2 amide bonds. The third-order valence-electron chi connectivity index (χ3n) is 3.14. The van der Waals surface area contributed by atoms with Crippen molar-refractivity contribution in [1.29, 1.82) is 0 Å². The van der Waals surface area contributed by atoms with E-state index in [-0.39, 0.29) is 18.4 Å². The lowest BCUT2D eigenvalue weighted by atomic mass is 10.2. The zero-order valence-electron chi connectivity index (χ0n) is 12.5. The summed E-state index contributed by atoms with van der Waals surface area (Å²) in [6.07, 6.45) is 0. The number of nitrogens with one attached hydrogen (secondary N) is 1. The third kappa shape index (κ3) is 4.18. The van der Waals surface area contributed by atoms with E-state index in [0.29, 0.717) is 5.69 Å². The Labute approximate surface area is 138 Å². The van der Waals surface area contributed by atoms with Gasteiger partial charge < -0.3 is 10.2 Å². The number of rotatable bonds is 4. The smallest absolute Gasteiger partial charge is 0.244 e. The average molecular weight is 361 g/mol. The highest BCUT2D eigenvalue weighted by Gasteiger charge is 2.16. The van der Waals surface area contributed by atoms with Crippen molar-refractivity contribution < 1.29 is 9.59 Å². The van der Waals surface area contributed by atoms with Gasteiger partial charge in [0.05, 0.1) is 5.69 Å². The van der Waals surface area contributed by atoms with E-state index < -0.39 is 0 Å². The van der Waals surface area contributed by atoms with Crippen LogP contribution in [-0.2, 0) is 9.59 Å². The van der Waals surface area contributed by atoms with Gasteiger partial charge in [0, 0.05) is 17.1 Å². The summed E-state index contributed by atoms with van der Waals surface area (Å²) in [5.41, 5.74) is 2.44. The topological polar surface area (TPSA) is 49.4 Å². The molecule has 0 saturated heterocycles. The van der Waals surface area contributed by atoms with E-state index in [1.807, 2.05) is 49.4 Å². The molecule has 2 aromatic rings. The maximum Gasteiger partial charge on any atom is 0.244 e. The Bertz CT molecular complexity index is 701. The Hall–Kier alpha value is -2.14. The number of hydrogen-bond acceptors (Lipinski definition) is 2. The second kappa shape index (κ2) is 7.22. The van der Waals surface area contributed by atoms with E-state index in [1.165, 1.54) is 11.8 Å². The summed E-state index contributed by atoms with van der Waals surface area (Å²) in [4.78, 5) is 25.5. The fourth-order valence-electron chi connectivity index (χ4n) is 2.08. The molecule has 0 saturated carbocycles. The van der Waals surface area contributed by atoms with Gasteiger partial charge in [-0.25, -0.2) is 0 Å². The molecule has 0 radical (unpaired) electrons. The molecule has 0 aliphatic carbocycles. The van der Waals surface area contributed by atoms with E-state index in [9.17, 15) is 9.59 Å². The van der Waals surface area contributed by atoms with Crippen LogP contribution in [0.5, 0.6) is 0 Å². The van der Waals surface area contributed by atoms with Crippen LogP contribution in [0.1, 0.15) is 12.5 Å². The van der Waals surface area contributed by atoms with Gasteiger partial charge in [0.25, 0.3) is 0 Å². The first-order valence-electron chi connectivity index (χ1n) is 6.86. The minimum absolute atomic E-state index is 0.0277. The van der Waals surface area contributed by atoms with E-state index in [2.05, 4.69) is 21.2 Å². The first-order chi connectivity index (χ1) is 10.5. The fourth-order valence-corrected chi connectivity index (χ4v) is 2.46. The number of anilines is 2. The van der Waals surface area contributed by atoms with Crippen LogP contribution < -0.4 is 10.2 Å². The van der Waals surface area contributed by atoms with Crippen molar-refractivity contribution in [3.63, 3.8) is 0 Å². The molecule has 5 heteroatoms. The fraction of sp³-hybridized carbons (Fsp3) is 0.176. The molecule has 0 heterocycles. The molecule has 114 valence electrons.